The second kappa shape index (κ2) is 9.89. The number of aliphatic hydroxyl groups is 1. The summed E-state index contributed by atoms with van der Waals surface area (Å²) in [5, 5.41) is 20.4. The number of rotatable bonds is 8. The zero-order valence-electron chi connectivity index (χ0n) is 15.5. The van der Waals surface area contributed by atoms with Gasteiger partial charge in [-0.15, -0.1) is 13.2 Å². The van der Waals surface area contributed by atoms with Crippen LogP contribution in [0.25, 0.3) is 0 Å². The molecule has 0 radical (unpaired) electrons. The molecule has 1 heterocycles. The number of benzene rings is 1. The molecule has 2 amide bonds. The van der Waals surface area contributed by atoms with E-state index in [-0.39, 0.29) is 23.7 Å². The molecular formula is C18H18F3N3O6. The molecule has 30 heavy (non-hydrogen) atoms. The lowest BCUT2D eigenvalue weighted by atomic mass is 10.1. The molecule has 0 unspecified atom stereocenters. The molecule has 12 heteroatoms. The van der Waals surface area contributed by atoms with Gasteiger partial charge in [0.25, 0.3) is 11.8 Å². The van der Waals surface area contributed by atoms with Crippen LogP contribution in [0.1, 0.15) is 23.0 Å². The first kappa shape index (κ1) is 22.9. The number of hydroxylamine groups is 1. The average Bonchev–Trinajstić information content (AvgIpc) is 2.69. The van der Waals surface area contributed by atoms with Gasteiger partial charge < -0.3 is 19.9 Å². The van der Waals surface area contributed by atoms with Crippen molar-refractivity contribution in [3.8, 4) is 11.5 Å². The van der Waals surface area contributed by atoms with Crippen LogP contribution in [-0.2, 0) is 11.4 Å². The van der Waals surface area contributed by atoms with Crippen molar-refractivity contribution in [3.63, 3.8) is 0 Å². The number of hydrogen-bond donors (Lipinski definition) is 4. The van der Waals surface area contributed by atoms with E-state index in [9.17, 15) is 27.9 Å². The largest absolute Gasteiger partial charge is 0.573 e. The molecule has 0 aliphatic heterocycles. The molecule has 2 atom stereocenters. The van der Waals surface area contributed by atoms with Crippen molar-refractivity contribution in [2.24, 2.45) is 0 Å². The predicted molar refractivity (Wildman–Crippen MR) is 94.6 cm³/mol. The highest BCUT2D eigenvalue weighted by Gasteiger charge is 2.31. The zero-order chi connectivity index (χ0) is 22.3. The fourth-order valence-electron chi connectivity index (χ4n) is 2.24. The summed E-state index contributed by atoms with van der Waals surface area (Å²) in [6.07, 6.45) is -4.82. The molecule has 4 N–H and O–H groups in total. The van der Waals surface area contributed by atoms with Crippen LogP contribution in [0.2, 0.25) is 0 Å². The Kier molecular flexibility index (Phi) is 7.55. The van der Waals surface area contributed by atoms with Crippen molar-refractivity contribution in [1.82, 2.24) is 15.8 Å². The number of halogens is 3. The maximum Gasteiger partial charge on any atom is 0.573 e. The quantitative estimate of drug-likeness (QED) is 0.370. The lowest BCUT2D eigenvalue weighted by Gasteiger charge is -2.19. The Hall–Kier alpha value is -3.38. The van der Waals surface area contributed by atoms with E-state index in [1.165, 1.54) is 42.9 Å². The average molecular weight is 429 g/mol. The topological polar surface area (TPSA) is 130 Å². The summed E-state index contributed by atoms with van der Waals surface area (Å²) in [5.41, 5.74) is 1.86. The summed E-state index contributed by atoms with van der Waals surface area (Å²) in [5.74, 6) is -1.79. The number of nitrogens with zero attached hydrogens (tertiary/aromatic N) is 1. The summed E-state index contributed by atoms with van der Waals surface area (Å²) < 4.78 is 45.6. The number of amides is 2. The van der Waals surface area contributed by atoms with Gasteiger partial charge in [0, 0.05) is 6.20 Å². The number of alkyl halides is 3. The molecule has 0 fully saturated rings. The van der Waals surface area contributed by atoms with E-state index in [1.807, 2.05) is 0 Å². The maximum absolute atomic E-state index is 12.2. The summed E-state index contributed by atoms with van der Waals surface area (Å²) in [7, 11) is 0. The first-order valence-corrected chi connectivity index (χ1v) is 8.45. The Morgan fingerprint density at radius 3 is 2.27 bits per heavy atom. The third-order valence-corrected chi connectivity index (χ3v) is 3.69. The normalized spacial score (nSPS) is 13.1. The van der Waals surface area contributed by atoms with E-state index >= 15 is 0 Å². The van der Waals surface area contributed by atoms with Crippen molar-refractivity contribution >= 4 is 11.8 Å². The smallest absolute Gasteiger partial charge is 0.487 e. The van der Waals surface area contributed by atoms with Crippen LogP contribution in [0.4, 0.5) is 13.2 Å². The molecule has 1 aromatic carbocycles. The predicted octanol–water partition coefficient (Wildman–Crippen LogP) is 1.54. The molecule has 1 aromatic heterocycles. The van der Waals surface area contributed by atoms with Gasteiger partial charge in [0.05, 0.1) is 17.4 Å². The van der Waals surface area contributed by atoms with Gasteiger partial charge in [-0.05, 0) is 43.3 Å². The third kappa shape index (κ3) is 6.90. The summed E-state index contributed by atoms with van der Waals surface area (Å²) in [4.78, 5) is 27.6. The van der Waals surface area contributed by atoms with E-state index in [2.05, 4.69) is 15.0 Å². The first-order chi connectivity index (χ1) is 14.1. The minimum absolute atomic E-state index is 0.0232. The third-order valence-electron chi connectivity index (χ3n) is 3.69. The fourth-order valence-corrected chi connectivity index (χ4v) is 2.24. The van der Waals surface area contributed by atoms with Crippen LogP contribution < -0.4 is 20.3 Å². The van der Waals surface area contributed by atoms with Crippen molar-refractivity contribution in [3.05, 3.63) is 53.9 Å². The van der Waals surface area contributed by atoms with E-state index < -0.39 is 30.3 Å². The first-order valence-electron chi connectivity index (χ1n) is 8.45. The Morgan fingerprint density at radius 1 is 1.13 bits per heavy atom. The number of carbonyl (C=O) groups excluding carboxylic acids is 2. The van der Waals surface area contributed by atoms with Gasteiger partial charge in [0.1, 0.15) is 24.1 Å². The second-order valence-corrected chi connectivity index (χ2v) is 6.01. The van der Waals surface area contributed by atoms with Gasteiger partial charge in [-0.3, -0.25) is 19.8 Å². The molecule has 2 aromatic rings. The molecule has 0 spiro atoms. The van der Waals surface area contributed by atoms with Crippen LogP contribution in [0.5, 0.6) is 11.5 Å². The van der Waals surface area contributed by atoms with Crippen LogP contribution >= 0.6 is 0 Å². The van der Waals surface area contributed by atoms with Crippen molar-refractivity contribution < 1.29 is 42.5 Å². The van der Waals surface area contributed by atoms with Gasteiger partial charge in [0.2, 0.25) is 0 Å². The molecule has 9 nitrogen and oxygen atoms in total. The van der Waals surface area contributed by atoms with E-state index in [4.69, 9.17) is 9.94 Å². The standard InChI is InChI=1S/C18H18F3N3O6/c1-10(25)15(17(27)24-28)23-16(26)11-2-3-12(22-8-11)9-29-13-4-6-14(7-5-13)30-18(19,20)21/h2-8,10,15,25,28H,9H2,1H3,(H,23,26)(H,24,27)/t10-,15+/m1/s1. The van der Waals surface area contributed by atoms with Crippen LogP contribution in [0, 0.1) is 0 Å². The maximum atomic E-state index is 12.2. The lowest BCUT2D eigenvalue weighted by molar-refractivity contribution is -0.274. The van der Waals surface area contributed by atoms with Crippen molar-refractivity contribution in [1.29, 1.82) is 0 Å². The van der Waals surface area contributed by atoms with Crippen LogP contribution in [-0.4, -0.2) is 45.6 Å². The molecule has 0 aliphatic carbocycles. The number of aliphatic hydroxyl groups excluding tert-OH is 1. The molecule has 0 bridgehead atoms. The van der Waals surface area contributed by atoms with Gasteiger partial charge >= 0.3 is 6.36 Å². The summed E-state index contributed by atoms with van der Waals surface area (Å²) in [6.45, 7) is 1.24. The molecule has 0 saturated heterocycles. The number of hydrogen-bond acceptors (Lipinski definition) is 7. The Labute approximate surface area is 168 Å². The minimum atomic E-state index is -4.78. The van der Waals surface area contributed by atoms with Gasteiger partial charge in [-0.1, -0.05) is 0 Å². The number of aromatic nitrogens is 1. The van der Waals surface area contributed by atoms with Crippen molar-refractivity contribution in [2.45, 2.75) is 32.0 Å². The van der Waals surface area contributed by atoms with Crippen molar-refractivity contribution in [2.75, 3.05) is 0 Å². The summed E-state index contributed by atoms with van der Waals surface area (Å²) in [6, 6.07) is 6.30. The van der Waals surface area contributed by atoms with Gasteiger partial charge in [0.15, 0.2) is 0 Å². The molecular weight excluding hydrogens is 411 g/mol. The van der Waals surface area contributed by atoms with E-state index in [0.29, 0.717) is 5.69 Å². The van der Waals surface area contributed by atoms with Crippen LogP contribution in [0.3, 0.4) is 0 Å². The minimum Gasteiger partial charge on any atom is -0.487 e. The molecule has 2 rings (SSSR count). The number of carbonyl (C=O) groups is 2. The Bertz CT molecular complexity index is 857. The Balaban J connectivity index is 1.92. The Morgan fingerprint density at radius 2 is 1.77 bits per heavy atom. The van der Waals surface area contributed by atoms with E-state index in [1.54, 1.807) is 0 Å². The molecule has 162 valence electrons. The second-order valence-electron chi connectivity index (χ2n) is 6.01. The van der Waals surface area contributed by atoms with Gasteiger partial charge in [-0.25, -0.2) is 5.48 Å². The molecule has 0 aliphatic rings. The highest BCUT2D eigenvalue weighted by Crippen LogP contribution is 2.25. The highest BCUT2D eigenvalue weighted by molar-refractivity contribution is 5.97. The van der Waals surface area contributed by atoms with Gasteiger partial charge in [-0.2, -0.15) is 0 Å². The number of pyridine rings is 1. The highest BCUT2D eigenvalue weighted by atomic mass is 19.4. The zero-order valence-corrected chi connectivity index (χ0v) is 15.5. The monoisotopic (exact) mass is 429 g/mol. The number of nitrogens with one attached hydrogen (secondary N) is 2. The molecule has 0 saturated carbocycles. The SMILES string of the molecule is C[C@@H](O)[C@H](NC(=O)c1ccc(COc2ccc(OC(F)(F)F)cc2)nc1)C(=O)NO. The number of ether oxygens (including phenoxy) is 2. The van der Waals surface area contributed by atoms with E-state index in [0.717, 1.165) is 12.1 Å². The summed E-state index contributed by atoms with van der Waals surface area (Å²) >= 11 is 0. The fraction of sp³-hybridized carbons (Fsp3) is 0.278. The van der Waals surface area contributed by atoms with Crippen LogP contribution in [0.15, 0.2) is 42.6 Å². The lowest BCUT2D eigenvalue weighted by Crippen LogP contribution is -2.51.